The third-order valence-electron chi connectivity index (χ3n) is 9.72. The van der Waals surface area contributed by atoms with Gasteiger partial charge in [0.05, 0.1) is 35.3 Å². The normalized spacial score (nSPS) is 28.1. The number of aryl methyl sites for hydroxylation is 2. The van der Waals surface area contributed by atoms with Crippen molar-refractivity contribution in [3.8, 4) is 0 Å². The third-order valence-corrected chi connectivity index (χ3v) is 9.72. The van der Waals surface area contributed by atoms with Crippen LogP contribution in [-0.2, 0) is 19.2 Å². The van der Waals surface area contributed by atoms with Gasteiger partial charge in [-0.25, -0.2) is 19.8 Å². The first-order valence-corrected chi connectivity index (χ1v) is 14.9. The molecular formula is C36H30N4O4. The van der Waals surface area contributed by atoms with Gasteiger partial charge in [-0.05, 0) is 48.2 Å². The van der Waals surface area contributed by atoms with Crippen molar-refractivity contribution in [1.82, 2.24) is 10.0 Å². The van der Waals surface area contributed by atoms with Crippen LogP contribution in [0.1, 0.15) is 34.3 Å². The lowest BCUT2D eigenvalue weighted by Crippen LogP contribution is -2.50. The van der Waals surface area contributed by atoms with E-state index >= 15 is 0 Å². The lowest BCUT2D eigenvalue weighted by molar-refractivity contribution is -0.136. The summed E-state index contributed by atoms with van der Waals surface area (Å²) in [5, 5.41) is 3.83. The lowest BCUT2D eigenvalue weighted by Gasteiger charge is -2.36. The van der Waals surface area contributed by atoms with E-state index in [9.17, 15) is 19.2 Å². The fourth-order valence-corrected chi connectivity index (χ4v) is 7.90. The van der Waals surface area contributed by atoms with Crippen molar-refractivity contribution in [2.75, 3.05) is 9.80 Å². The fourth-order valence-electron chi connectivity index (χ4n) is 7.90. The minimum atomic E-state index is -0.879. The maximum absolute atomic E-state index is 14.5. The van der Waals surface area contributed by atoms with Gasteiger partial charge in [-0.15, -0.1) is 0 Å². The minimum Gasteiger partial charge on any atom is -0.274 e. The second kappa shape index (κ2) is 9.80. The number of anilines is 2. The third kappa shape index (κ3) is 3.52. The molecule has 4 aromatic rings. The van der Waals surface area contributed by atoms with Crippen LogP contribution in [0.15, 0.2) is 109 Å². The monoisotopic (exact) mass is 582 g/mol. The maximum Gasteiger partial charge on any atom is 0.253 e. The molecule has 4 aliphatic rings. The molecule has 4 fully saturated rings. The quantitative estimate of drug-likeness (QED) is 0.323. The Morgan fingerprint density at radius 1 is 0.409 bits per heavy atom. The summed E-state index contributed by atoms with van der Waals surface area (Å²) in [6.07, 6.45) is 0. The Kier molecular flexibility index (Phi) is 5.95. The van der Waals surface area contributed by atoms with E-state index in [-0.39, 0.29) is 23.6 Å². The Balaban J connectivity index is 1.34. The number of para-hydroxylation sites is 2. The molecule has 8 rings (SSSR count). The fraction of sp³-hybridized carbons (Fsp3) is 0.222. The van der Waals surface area contributed by atoms with Gasteiger partial charge in [-0.1, -0.05) is 97.1 Å². The zero-order valence-electron chi connectivity index (χ0n) is 24.3. The number of hydrogen-bond donors (Lipinski definition) is 0. The van der Waals surface area contributed by atoms with Crippen molar-refractivity contribution in [2.45, 2.75) is 38.0 Å². The Labute approximate surface area is 255 Å². The van der Waals surface area contributed by atoms with Gasteiger partial charge in [0.15, 0.2) is 0 Å². The van der Waals surface area contributed by atoms with E-state index in [1.165, 1.54) is 9.80 Å². The first-order chi connectivity index (χ1) is 21.4. The van der Waals surface area contributed by atoms with E-state index in [4.69, 9.17) is 0 Å². The van der Waals surface area contributed by atoms with Crippen molar-refractivity contribution in [3.05, 3.63) is 131 Å². The van der Waals surface area contributed by atoms with Crippen molar-refractivity contribution in [2.24, 2.45) is 11.8 Å². The Morgan fingerprint density at radius 2 is 0.750 bits per heavy atom. The molecule has 218 valence electrons. The van der Waals surface area contributed by atoms with Crippen LogP contribution in [0, 0.1) is 25.7 Å². The smallest absolute Gasteiger partial charge is 0.253 e. The second-order valence-corrected chi connectivity index (χ2v) is 12.0. The summed E-state index contributed by atoms with van der Waals surface area (Å²) in [5.41, 5.74) is 4.39. The number of amides is 4. The molecule has 4 amide bonds. The molecule has 0 radical (unpaired) electrons. The molecule has 8 nitrogen and oxygen atoms in total. The molecule has 4 heterocycles. The van der Waals surface area contributed by atoms with Crippen molar-refractivity contribution >= 4 is 35.0 Å². The summed E-state index contributed by atoms with van der Waals surface area (Å²) in [6.45, 7) is 3.77. The highest BCUT2D eigenvalue weighted by atomic mass is 16.2. The van der Waals surface area contributed by atoms with Gasteiger partial charge < -0.3 is 0 Å². The van der Waals surface area contributed by atoms with E-state index in [2.05, 4.69) is 0 Å². The van der Waals surface area contributed by atoms with Gasteiger partial charge in [-0.2, -0.15) is 0 Å². The van der Waals surface area contributed by atoms with Gasteiger partial charge in [0.2, 0.25) is 11.8 Å². The number of imide groups is 2. The van der Waals surface area contributed by atoms with Gasteiger partial charge in [0.25, 0.3) is 11.8 Å². The van der Waals surface area contributed by atoms with Gasteiger partial charge in [-0.3, -0.25) is 19.2 Å². The van der Waals surface area contributed by atoms with Crippen LogP contribution in [0.2, 0.25) is 0 Å². The van der Waals surface area contributed by atoms with Crippen LogP contribution in [0.3, 0.4) is 0 Å². The molecular weight excluding hydrogens is 552 g/mol. The highest BCUT2D eigenvalue weighted by Gasteiger charge is 2.73. The van der Waals surface area contributed by atoms with E-state index in [0.29, 0.717) is 11.4 Å². The Hall–Kier alpha value is -4.92. The average Bonchev–Trinajstić information content (AvgIpc) is 3.70. The lowest BCUT2D eigenvalue weighted by atomic mass is 9.84. The molecule has 0 aromatic heterocycles. The van der Waals surface area contributed by atoms with Crippen LogP contribution in [0.5, 0.6) is 0 Å². The number of rotatable bonds is 4. The zero-order valence-corrected chi connectivity index (χ0v) is 24.3. The van der Waals surface area contributed by atoms with Gasteiger partial charge in [0, 0.05) is 0 Å². The number of nitrogens with zero attached hydrogens (tertiary/aromatic N) is 4. The summed E-state index contributed by atoms with van der Waals surface area (Å²) in [5.74, 6) is -2.82. The highest BCUT2D eigenvalue weighted by molar-refractivity contribution is 6.26. The Morgan fingerprint density at radius 3 is 1.11 bits per heavy atom. The highest BCUT2D eigenvalue weighted by Crippen LogP contribution is 2.59. The van der Waals surface area contributed by atoms with Gasteiger partial charge >= 0.3 is 0 Å². The molecule has 0 N–H and O–H groups in total. The van der Waals surface area contributed by atoms with Crippen molar-refractivity contribution < 1.29 is 19.2 Å². The number of carbonyl (C=O) groups is 4. The summed E-state index contributed by atoms with van der Waals surface area (Å²) >= 11 is 0. The maximum atomic E-state index is 14.5. The van der Waals surface area contributed by atoms with E-state index in [1.54, 1.807) is 12.1 Å². The van der Waals surface area contributed by atoms with Crippen LogP contribution < -0.4 is 9.80 Å². The summed E-state index contributed by atoms with van der Waals surface area (Å²) in [4.78, 5) is 60.6. The standard InChI is InChI=1S/C36H30N4O4/c1-21-13-9-11-19-25(21)37-33(41)27-29(23-15-5-3-6-16-23)40-32-28(34(42)38(36(32)44)26-20-12-10-14-22(26)2)30(24-17-7-4-8-18-24)39(40)31(27)35(37)43/h3-20,27-32H,1-2H3/t27-,28-,29+,30+,31-,32+/m1/s1. The number of hydrazine groups is 1. The molecule has 0 aliphatic carbocycles. The first-order valence-electron chi connectivity index (χ1n) is 14.9. The molecule has 0 bridgehead atoms. The molecule has 4 aliphatic heterocycles. The number of benzene rings is 4. The predicted octanol–water partition coefficient (Wildman–Crippen LogP) is 4.75. The SMILES string of the molecule is Cc1ccccc1N1C(=O)[C@H]2[C@@H](C1=O)N1[C@@H](c3ccccc3)[C@H]3C(=O)N(c4ccccc4C)C(=O)[C@@H]3N1[C@H]2c1ccccc1. The molecule has 44 heavy (non-hydrogen) atoms. The minimum absolute atomic E-state index is 0.298. The van der Waals surface area contributed by atoms with Crippen molar-refractivity contribution in [3.63, 3.8) is 0 Å². The second-order valence-electron chi connectivity index (χ2n) is 12.0. The van der Waals surface area contributed by atoms with Gasteiger partial charge in [0.1, 0.15) is 12.1 Å². The average molecular weight is 583 g/mol. The van der Waals surface area contributed by atoms with E-state index in [1.807, 2.05) is 121 Å². The molecule has 4 saturated heterocycles. The van der Waals surface area contributed by atoms with Crippen LogP contribution >= 0.6 is 0 Å². The van der Waals surface area contributed by atoms with Crippen LogP contribution in [0.4, 0.5) is 11.4 Å². The van der Waals surface area contributed by atoms with Crippen molar-refractivity contribution in [1.29, 1.82) is 0 Å². The number of carbonyl (C=O) groups excluding carboxylic acids is 4. The largest absolute Gasteiger partial charge is 0.274 e. The summed E-state index contributed by atoms with van der Waals surface area (Å²) in [7, 11) is 0. The first kappa shape index (κ1) is 26.7. The molecule has 0 unspecified atom stereocenters. The topological polar surface area (TPSA) is 81.2 Å². The molecule has 0 spiro atoms. The van der Waals surface area contributed by atoms with E-state index in [0.717, 1.165) is 22.3 Å². The number of fused-ring (bicyclic) bond motifs is 5. The molecule has 4 aromatic carbocycles. The van der Waals surface area contributed by atoms with Crippen LogP contribution in [0.25, 0.3) is 0 Å². The molecule has 8 heteroatoms. The molecule has 0 saturated carbocycles. The molecule has 6 atom stereocenters. The Bertz CT molecular complexity index is 1710. The van der Waals surface area contributed by atoms with Crippen LogP contribution in [-0.4, -0.2) is 45.7 Å². The van der Waals surface area contributed by atoms with E-state index < -0.39 is 36.0 Å². The number of hydrogen-bond acceptors (Lipinski definition) is 6. The summed E-state index contributed by atoms with van der Waals surface area (Å²) in [6, 6.07) is 30.9. The zero-order chi connectivity index (χ0) is 30.3. The predicted molar refractivity (Wildman–Crippen MR) is 164 cm³/mol. The summed E-state index contributed by atoms with van der Waals surface area (Å²) < 4.78 is 0.